The molecule has 2 aromatic rings. The summed E-state index contributed by atoms with van der Waals surface area (Å²) in [4.78, 5) is 14.3. The zero-order valence-corrected chi connectivity index (χ0v) is 11.8. The third-order valence-electron chi connectivity index (χ3n) is 3.66. The lowest BCUT2D eigenvalue weighted by Gasteiger charge is -2.34. The number of hydrogen-bond acceptors (Lipinski definition) is 2. The van der Waals surface area contributed by atoms with Gasteiger partial charge in [-0.15, -0.1) is 0 Å². The van der Waals surface area contributed by atoms with Crippen LogP contribution in [0.25, 0.3) is 0 Å². The summed E-state index contributed by atoms with van der Waals surface area (Å²) >= 11 is 0. The van der Waals surface area contributed by atoms with Crippen molar-refractivity contribution in [2.75, 3.05) is 10.2 Å². The summed E-state index contributed by atoms with van der Waals surface area (Å²) in [5, 5.41) is 3.24. The molecule has 3 nitrogen and oxygen atoms in total. The average Bonchev–Trinajstić information content (AvgIpc) is 2.46. The van der Waals surface area contributed by atoms with Gasteiger partial charge in [0.1, 0.15) is 6.04 Å². The number of benzene rings is 2. The highest BCUT2D eigenvalue weighted by Crippen LogP contribution is 2.32. The van der Waals surface area contributed by atoms with Crippen molar-refractivity contribution in [1.29, 1.82) is 0 Å². The van der Waals surface area contributed by atoms with Crippen molar-refractivity contribution in [3.05, 3.63) is 59.7 Å². The summed E-state index contributed by atoms with van der Waals surface area (Å²) in [6.07, 6.45) is 0. The molecule has 1 aliphatic rings. The Morgan fingerprint density at radius 1 is 1.10 bits per heavy atom. The highest BCUT2D eigenvalue weighted by atomic mass is 16.2. The Hall–Kier alpha value is -2.29. The Labute approximate surface area is 119 Å². The number of rotatable bonds is 2. The molecular weight excluding hydrogens is 248 g/mol. The van der Waals surface area contributed by atoms with Crippen LogP contribution in [0.15, 0.2) is 48.5 Å². The maximum absolute atomic E-state index is 12.4. The molecule has 1 amide bonds. The van der Waals surface area contributed by atoms with Gasteiger partial charge in [-0.3, -0.25) is 4.79 Å². The first-order valence-electron chi connectivity index (χ1n) is 6.87. The molecule has 3 rings (SSSR count). The summed E-state index contributed by atoms with van der Waals surface area (Å²) < 4.78 is 0. The molecule has 3 heteroatoms. The monoisotopic (exact) mass is 266 g/mol. The predicted octanol–water partition coefficient (Wildman–Crippen LogP) is 3.34. The summed E-state index contributed by atoms with van der Waals surface area (Å²) in [7, 11) is 0. The van der Waals surface area contributed by atoms with E-state index >= 15 is 0 Å². The second kappa shape index (κ2) is 5.00. The van der Waals surface area contributed by atoms with Crippen molar-refractivity contribution >= 4 is 17.3 Å². The third kappa shape index (κ3) is 2.27. The van der Waals surface area contributed by atoms with E-state index in [-0.39, 0.29) is 11.9 Å². The molecule has 0 radical (unpaired) electrons. The highest BCUT2D eigenvalue weighted by Gasteiger charge is 2.29. The summed E-state index contributed by atoms with van der Waals surface area (Å²) in [6, 6.07) is 16.1. The fourth-order valence-electron chi connectivity index (χ4n) is 2.52. The molecule has 0 fully saturated rings. The van der Waals surface area contributed by atoms with Gasteiger partial charge in [-0.1, -0.05) is 42.0 Å². The lowest BCUT2D eigenvalue weighted by Crippen LogP contribution is -2.45. The number of hydrogen-bond donors (Lipinski definition) is 1. The quantitative estimate of drug-likeness (QED) is 0.904. The molecule has 0 aliphatic carbocycles. The van der Waals surface area contributed by atoms with Gasteiger partial charge in [0.15, 0.2) is 0 Å². The van der Waals surface area contributed by atoms with Crippen LogP contribution in [0.1, 0.15) is 18.1 Å². The highest BCUT2D eigenvalue weighted by molar-refractivity contribution is 6.04. The van der Waals surface area contributed by atoms with Crippen molar-refractivity contribution in [2.45, 2.75) is 26.4 Å². The standard InChI is InChI=1S/C17H18N2O/c1-12-7-9-14(10-8-12)11-19-16-6-4-3-5-15(16)18-13(2)17(19)20/h3-10,13,18H,11H2,1-2H3. The second-order valence-corrected chi connectivity index (χ2v) is 5.29. The van der Waals surface area contributed by atoms with Gasteiger partial charge in [0.25, 0.3) is 0 Å². The van der Waals surface area contributed by atoms with Crippen molar-refractivity contribution < 1.29 is 4.79 Å². The fourth-order valence-corrected chi connectivity index (χ4v) is 2.52. The first-order valence-corrected chi connectivity index (χ1v) is 6.87. The molecule has 0 saturated carbocycles. The summed E-state index contributed by atoms with van der Waals surface area (Å²) in [5.41, 5.74) is 4.35. The van der Waals surface area contributed by atoms with E-state index in [1.807, 2.05) is 36.1 Å². The van der Waals surface area contributed by atoms with Crippen molar-refractivity contribution in [2.24, 2.45) is 0 Å². The van der Waals surface area contributed by atoms with E-state index in [4.69, 9.17) is 0 Å². The Morgan fingerprint density at radius 3 is 2.55 bits per heavy atom. The first kappa shape index (κ1) is 12.7. The van der Waals surface area contributed by atoms with Gasteiger partial charge in [0, 0.05) is 0 Å². The number of amides is 1. The summed E-state index contributed by atoms with van der Waals surface area (Å²) in [6.45, 7) is 4.58. The van der Waals surface area contributed by atoms with Gasteiger partial charge >= 0.3 is 0 Å². The zero-order valence-electron chi connectivity index (χ0n) is 11.8. The van der Waals surface area contributed by atoms with Crippen LogP contribution in [0.5, 0.6) is 0 Å². The van der Waals surface area contributed by atoms with Crippen LogP contribution < -0.4 is 10.2 Å². The van der Waals surface area contributed by atoms with E-state index in [1.54, 1.807) is 0 Å². The van der Waals surface area contributed by atoms with Crippen molar-refractivity contribution in [1.82, 2.24) is 0 Å². The van der Waals surface area contributed by atoms with Crippen LogP contribution in [0, 0.1) is 6.92 Å². The van der Waals surface area contributed by atoms with Gasteiger partial charge in [0.2, 0.25) is 5.91 Å². The van der Waals surface area contributed by atoms with Gasteiger partial charge < -0.3 is 10.2 Å². The predicted molar refractivity (Wildman–Crippen MR) is 81.9 cm³/mol. The number of para-hydroxylation sites is 2. The maximum atomic E-state index is 12.4. The normalized spacial score (nSPS) is 17.6. The number of fused-ring (bicyclic) bond motifs is 1. The van der Waals surface area contributed by atoms with Crippen molar-refractivity contribution in [3.8, 4) is 0 Å². The molecule has 1 N–H and O–H groups in total. The Balaban J connectivity index is 1.95. The minimum absolute atomic E-state index is 0.115. The number of anilines is 2. The molecule has 1 aliphatic heterocycles. The van der Waals surface area contributed by atoms with Crippen LogP contribution in [-0.2, 0) is 11.3 Å². The van der Waals surface area contributed by atoms with E-state index in [2.05, 4.69) is 36.5 Å². The van der Waals surface area contributed by atoms with Gasteiger partial charge in [-0.05, 0) is 31.5 Å². The number of carbonyl (C=O) groups excluding carboxylic acids is 1. The van der Waals surface area contributed by atoms with Gasteiger partial charge in [-0.25, -0.2) is 0 Å². The molecule has 102 valence electrons. The topological polar surface area (TPSA) is 32.3 Å². The number of carbonyl (C=O) groups is 1. The van der Waals surface area contributed by atoms with Gasteiger partial charge in [0.05, 0.1) is 17.9 Å². The van der Waals surface area contributed by atoms with Crippen LogP contribution in [-0.4, -0.2) is 11.9 Å². The largest absolute Gasteiger partial charge is 0.372 e. The number of aryl methyl sites for hydroxylation is 1. The molecule has 1 heterocycles. The minimum atomic E-state index is -0.185. The lowest BCUT2D eigenvalue weighted by molar-refractivity contribution is -0.119. The second-order valence-electron chi connectivity index (χ2n) is 5.29. The van der Waals surface area contributed by atoms with Crippen LogP contribution in [0.3, 0.4) is 0 Å². The van der Waals surface area contributed by atoms with E-state index in [9.17, 15) is 4.79 Å². The lowest BCUT2D eigenvalue weighted by atomic mass is 10.1. The van der Waals surface area contributed by atoms with E-state index in [0.29, 0.717) is 6.54 Å². The fraction of sp³-hybridized carbons (Fsp3) is 0.235. The van der Waals surface area contributed by atoms with Crippen LogP contribution >= 0.6 is 0 Å². The van der Waals surface area contributed by atoms with Crippen molar-refractivity contribution in [3.63, 3.8) is 0 Å². The van der Waals surface area contributed by atoms with Crippen LogP contribution in [0.4, 0.5) is 11.4 Å². The Morgan fingerprint density at radius 2 is 1.80 bits per heavy atom. The maximum Gasteiger partial charge on any atom is 0.249 e. The smallest absolute Gasteiger partial charge is 0.249 e. The molecule has 0 bridgehead atoms. The molecule has 0 spiro atoms. The average molecular weight is 266 g/mol. The number of nitrogens with zero attached hydrogens (tertiary/aromatic N) is 1. The molecule has 1 unspecified atom stereocenters. The molecule has 2 aromatic carbocycles. The van der Waals surface area contributed by atoms with Crippen LogP contribution in [0.2, 0.25) is 0 Å². The molecular formula is C17H18N2O. The van der Waals surface area contributed by atoms with E-state index < -0.39 is 0 Å². The minimum Gasteiger partial charge on any atom is -0.372 e. The third-order valence-corrected chi connectivity index (χ3v) is 3.66. The first-order chi connectivity index (χ1) is 9.65. The van der Waals surface area contributed by atoms with E-state index in [1.165, 1.54) is 5.56 Å². The van der Waals surface area contributed by atoms with Gasteiger partial charge in [-0.2, -0.15) is 0 Å². The Kier molecular flexibility index (Phi) is 3.18. The summed E-state index contributed by atoms with van der Waals surface area (Å²) in [5.74, 6) is 0.115. The Bertz CT molecular complexity index is 634. The van der Waals surface area contributed by atoms with E-state index in [0.717, 1.165) is 16.9 Å². The molecule has 0 saturated heterocycles. The zero-order chi connectivity index (χ0) is 14.1. The molecule has 20 heavy (non-hydrogen) atoms. The molecule has 0 aromatic heterocycles. The SMILES string of the molecule is Cc1ccc(CN2C(=O)C(C)Nc3ccccc32)cc1. The number of nitrogens with one attached hydrogen (secondary N) is 1. The molecule has 1 atom stereocenters.